The van der Waals surface area contributed by atoms with Crippen LogP contribution >= 0.6 is 0 Å². The van der Waals surface area contributed by atoms with Gasteiger partial charge in [-0.25, -0.2) is 0 Å². The van der Waals surface area contributed by atoms with E-state index < -0.39 is 24.8 Å². The molecule has 1 unspecified atom stereocenters. The van der Waals surface area contributed by atoms with Crippen LogP contribution in [-0.2, 0) is 19.1 Å². The normalized spacial score (nSPS) is 14.8. The van der Waals surface area contributed by atoms with Crippen LogP contribution in [0.4, 0.5) is 0 Å². The third kappa shape index (κ3) is 32.1. The van der Waals surface area contributed by atoms with Crippen LogP contribution in [0.25, 0.3) is 0 Å². The lowest BCUT2D eigenvalue weighted by atomic mass is 9.99. The minimum absolute atomic E-state index is 0.136. The average molecular weight is 663 g/mol. The highest BCUT2D eigenvalue weighted by Crippen LogP contribution is 2.16. The van der Waals surface area contributed by atoms with Crippen molar-refractivity contribution in [3.8, 4) is 0 Å². The molecule has 0 saturated heterocycles. The van der Waals surface area contributed by atoms with Crippen molar-refractivity contribution >= 4 is 11.9 Å². The predicted molar refractivity (Wildman–Crippen MR) is 194 cm³/mol. The maximum Gasteiger partial charge on any atom is 0.306 e. The lowest BCUT2D eigenvalue weighted by molar-refractivity contribution is -0.161. The van der Waals surface area contributed by atoms with Gasteiger partial charge in [0.1, 0.15) is 6.61 Å². The number of hydrogen-bond acceptors (Lipinski definition) is 7. The summed E-state index contributed by atoms with van der Waals surface area (Å²) in [6, 6.07) is 0. The van der Waals surface area contributed by atoms with Gasteiger partial charge in [0.2, 0.25) is 0 Å². The van der Waals surface area contributed by atoms with Gasteiger partial charge in [0.05, 0.1) is 18.8 Å². The van der Waals surface area contributed by atoms with Crippen LogP contribution in [0.5, 0.6) is 0 Å². The molecule has 0 bridgehead atoms. The van der Waals surface area contributed by atoms with Crippen molar-refractivity contribution in [2.45, 2.75) is 174 Å². The second-order valence-corrected chi connectivity index (χ2v) is 12.9. The number of unbranched alkanes of at least 4 members (excludes halogenated alkanes) is 11. The summed E-state index contributed by atoms with van der Waals surface area (Å²) in [5.41, 5.74) is 0. The monoisotopic (exact) mass is 663 g/mol. The van der Waals surface area contributed by atoms with Gasteiger partial charge in [0.25, 0.3) is 0 Å². The van der Waals surface area contributed by atoms with Crippen LogP contribution in [-0.4, -0.2) is 58.8 Å². The number of esters is 2. The van der Waals surface area contributed by atoms with E-state index in [1.165, 1.54) is 57.8 Å². The van der Waals surface area contributed by atoms with E-state index in [0.717, 1.165) is 57.3 Å². The Morgan fingerprint density at radius 1 is 0.638 bits per heavy atom. The van der Waals surface area contributed by atoms with Crippen molar-refractivity contribution in [3.05, 3.63) is 48.6 Å². The summed E-state index contributed by atoms with van der Waals surface area (Å²) in [5, 5.41) is 29.5. The number of hydrogen-bond donors (Lipinski definition) is 3. The van der Waals surface area contributed by atoms with Gasteiger partial charge < -0.3 is 24.8 Å². The number of rotatable bonds is 32. The summed E-state index contributed by atoms with van der Waals surface area (Å²) in [6.07, 6.45) is 33.8. The third-order valence-corrected chi connectivity index (χ3v) is 8.37. The highest BCUT2D eigenvalue weighted by atomic mass is 16.6. The van der Waals surface area contributed by atoms with Crippen molar-refractivity contribution in [1.29, 1.82) is 0 Å². The molecule has 272 valence electrons. The Bertz CT molecular complexity index is 848. The molecule has 7 nitrogen and oxygen atoms in total. The highest BCUT2D eigenvalue weighted by molar-refractivity contribution is 5.70. The van der Waals surface area contributed by atoms with Gasteiger partial charge >= 0.3 is 11.9 Å². The SMILES string of the molecule is CCCCC[C@H](O)/C=C/C=C\C/C=C\C=C\[C@H](O)CCCC(=O)OC[C@H](CO)OC(=O)CCCCCCCCCCCCC(C)CC. The summed E-state index contributed by atoms with van der Waals surface area (Å²) in [5.74, 6) is 0.0394. The zero-order chi connectivity index (χ0) is 34.8. The minimum Gasteiger partial charge on any atom is -0.462 e. The number of ether oxygens (including phenoxy) is 2. The Kier molecular flexibility index (Phi) is 32.1. The smallest absolute Gasteiger partial charge is 0.306 e. The summed E-state index contributed by atoms with van der Waals surface area (Å²) >= 11 is 0. The van der Waals surface area contributed by atoms with E-state index in [1.54, 1.807) is 12.2 Å². The maximum atomic E-state index is 12.1. The first-order valence-electron chi connectivity index (χ1n) is 18.8. The van der Waals surface area contributed by atoms with E-state index in [4.69, 9.17) is 9.47 Å². The molecular formula is C40H70O7. The molecule has 0 aliphatic rings. The molecule has 0 aliphatic carbocycles. The summed E-state index contributed by atoms with van der Waals surface area (Å²) in [6.45, 7) is 6.18. The van der Waals surface area contributed by atoms with Gasteiger partial charge in [-0.15, -0.1) is 0 Å². The second kappa shape index (κ2) is 33.7. The molecule has 3 N–H and O–H groups in total. The second-order valence-electron chi connectivity index (χ2n) is 12.9. The number of aliphatic hydroxyl groups excluding tert-OH is 3. The molecule has 0 heterocycles. The van der Waals surface area contributed by atoms with E-state index in [0.29, 0.717) is 19.3 Å². The quantitative estimate of drug-likeness (QED) is 0.0374. The van der Waals surface area contributed by atoms with Gasteiger partial charge in [-0.1, -0.05) is 159 Å². The van der Waals surface area contributed by atoms with E-state index >= 15 is 0 Å². The van der Waals surface area contributed by atoms with Crippen LogP contribution < -0.4 is 0 Å². The van der Waals surface area contributed by atoms with Gasteiger partial charge in [-0.3, -0.25) is 9.59 Å². The van der Waals surface area contributed by atoms with Crippen LogP contribution in [0.2, 0.25) is 0 Å². The molecule has 0 amide bonds. The number of carbonyl (C=O) groups excluding carboxylic acids is 2. The molecule has 47 heavy (non-hydrogen) atoms. The Hall–Kier alpha value is -2.22. The fourth-order valence-electron chi connectivity index (χ4n) is 5.04. The first-order chi connectivity index (χ1) is 22.8. The lowest BCUT2D eigenvalue weighted by Gasteiger charge is -2.16. The Labute approximate surface area is 287 Å². The molecule has 0 aliphatic heterocycles. The zero-order valence-electron chi connectivity index (χ0n) is 30.2. The van der Waals surface area contributed by atoms with Crippen molar-refractivity contribution in [2.75, 3.05) is 13.2 Å². The average Bonchev–Trinajstić information content (AvgIpc) is 3.06. The van der Waals surface area contributed by atoms with E-state index in [9.17, 15) is 24.9 Å². The Balaban J connectivity index is 3.85. The number of aliphatic hydroxyl groups is 3. The largest absolute Gasteiger partial charge is 0.462 e. The highest BCUT2D eigenvalue weighted by Gasteiger charge is 2.16. The molecule has 0 spiro atoms. The van der Waals surface area contributed by atoms with Crippen LogP contribution in [0.15, 0.2) is 48.6 Å². The molecule has 7 heteroatoms. The van der Waals surface area contributed by atoms with Gasteiger partial charge in [0, 0.05) is 12.8 Å². The van der Waals surface area contributed by atoms with Gasteiger partial charge in [-0.05, 0) is 38.0 Å². The van der Waals surface area contributed by atoms with E-state index in [-0.39, 0.29) is 25.1 Å². The van der Waals surface area contributed by atoms with E-state index in [1.807, 2.05) is 36.5 Å². The molecular weight excluding hydrogens is 592 g/mol. The van der Waals surface area contributed by atoms with E-state index in [2.05, 4.69) is 20.8 Å². The van der Waals surface area contributed by atoms with Crippen molar-refractivity contribution in [3.63, 3.8) is 0 Å². The fraction of sp³-hybridized carbons (Fsp3) is 0.750. The molecule has 4 atom stereocenters. The van der Waals surface area contributed by atoms with Crippen LogP contribution in [0.3, 0.4) is 0 Å². The molecule has 0 aromatic heterocycles. The number of carbonyl (C=O) groups is 2. The fourth-order valence-corrected chi connectivity index (χ4v) is 5.04. The molecule has 0 aromatic rings. The Morgan fingerprint density at radius 2 is 1.15 bits per heavy atom. The lowest BCUT2D eigenvalue weighted by Crippen LogP contribution is -2.28. The topological polar surface area (TPSA) is 113 Å². The minimum atomic E-state index is -0.857. The molecule has 0 fully saturated rings. The molecule has 0 aromatic carbocycles. The molecule has 0 radical (unpaired) electrons. The van der Waals surface area contributed by atoms with Crippen LogP contribution in [0, 0.1) is 5.92 Å². The zero-order valence-corrected chi connectivity index (χ0v) is 30.2. The summed E-state index contributed by atoms with van der Waals surface area (Å²) in [7, 11) is 0. The summed E-state index contributed by atoms with van der Waals surface area (Å²) in [4.78, 5) is 24.2. The standard InChI is InChI=1S/C40H70O7/c1-4-6-20-27-36(42)28-22-17-13-11-14-18-23-29-37(43)30-25-32-39(44)46-34-38(33-41)47-40(45)31-24-19-15-10-8-7-9-12-16-21-26-35(3)5-2/h13-14,17-18,22-23,28-29,35-38,41-43H,4-12,15-16,19-21,24-27,30-34H2,1-3H3/b17-13-,18-14-,28-22+,29-23+/t35?,36-,37-,38-/m0/s1. The molecule has 0 saturated carbocycles. The number of allylic oxidation sites excluding steroid dienone is 6. The Morgan fingerprint density at radius 3 is 1.70 bits per heavy atom. The van der Waals surface area contributed by atoms with Crippen molar-refractivity contribution in [2.24, 2.45) is 5.92 Å². The van der Waals surface area contributed by atoms with Crippen molar-refractivity contribution in [1.82, 2.24) is 0 Å². The molecule has 0 rings (SSSR count). The van der Waals surface area contributed by atoms with Gasteiger partial charge in [0.15, 0.2) is 6.10 Å². The maximum absolute atomic E-state index is 12.1. The van der Waals surface area contributed by atoms with Gasteiger partial charge in [-0.2, -0.15) is 0 Å². The summed E-state index contributed by atoms with van der Waals surface area (Å²) < 4.78 is 10.5. The van der Waals surface area contributed by atoms with Crippen molar-refractivity contribution < 1.29 is 34.4 Å². The first kappa shape index (κ1) is 44.8. The predicted octanol–water partition coefficient (Wildman–Crippen LogP) is 9.25. The van der Waals surface area contributed by atoms with Crippen LogP contribution in [0.1, 0.15) is 156 Å². The third-order valence-electron chi connectivity index (χ3n) is 8.37. The first-order valence-corrected chi connectivity index (χ1v) is 18.8.